The van der Waals surface area contributed by atoms with Crippen LogP contribution in [0.1, 0.15) is 41.4 Å². The average Bonchev–Trinajstić information content (AvgIpc) is 3.49. The van der Waals surface area contributed by atoms with Crippen molar-refractivity contribution in [1.82, 2.24) is 20.1 Å². The number of hydrogen-bond donors (Lipinski definition) is 2. The standard InChI is InChI=1S/C23H24N4O4/c28-19-8-4-7-18(25-19)23(31)26-12-16-11-17(22(30)24-15-9-10-15)21(27(16)20(29)13-26)14-5-2-1-3-6-14/h1-8,15-17,21H,9-13H2,(H,24,30)(H,25,28)/t16-,17-,21-/m0/s1. The van der Waals surface area contributed by atoms with Gasteiger partial charge in [-0.15, -0.1) is 0 Å². The van der Waals surface area contributed by atoms with Gasteiger partial charge in [0.25, 0.3) is 5.91 Å². The van der Waals surface area contributed by atoms with Crippen molar-refractivity contribution < 1.29 is 14.4 Å². The average molecular weight is 420 g/mol. The second-order valence-corrected chi connectivity index (χ2v) is 8.55. The lowest BCUT2D eigenvalue weighted by molar-refractivity contribution is -0.139. The molecule has 0 radical (unpaired) electrons. The summed E-state index contributed by atoms with van der Waals surface area (Å²) >= 11 is 0. The molecule has 1 saturated carbocycles. The maximum atomic E-state index is 13.2. The zero-order valence-corrected chi connectivity index (χ0v) is 17.0. The fourth-order valence-corrected chi connectivity index (χ4v) is 4.77. The molecule has 8 heteroatoms. The summed E-state index contributed by atoms with van der Waals surface area (Å²) in [6.45, 7) is 0.255. The zero-order chi connectivity index (χ0) is 21.5. The zero-order valence-electron chi connectivity index (χ0n) is 17.0. The largest absolute Gasteiger partial charge is 0.353 e. The van der Waals surface area contributed by atoms with E-state index in [-0.39, 0.29) is 59.6 Å². The molecule has 31 heavy (non-hydrogen) atoms. The first-order valence-electron chi connectivity index (χ1n) is 10.7. The number of pyridine rings is 1. The Morgan fingerprint density at radius 1 is 1.00 bits per heavy atom. The summed E-state index contributed by atoms with van der Waals surface area (Å²) in [5, 5.41) is 3.09. The van der Waals surface area contributed by atoms with Crippen molar-refractivity contribution in [2.75, 3.05) is 13.1 Å². The number of benzene rings is 1. The molecule has 3 fully saturated rings. The highest BCUT2D eigenvalue weighted by atomic mass is 16.2. The molecule has 0 spiro atoms. The normalized spacial score (nSPS) is 25.3. The topological polar surface area (TPSA) is 103 Å². The van der Waals surface area contributed by atoms with Gasteiger partial charge in [0.15, 0.2) is 0 Å². The molecular formula is C23H24N4O4. The third-order valence-corrected chi connectivity index (χ3v) is 6.33. The van der Waals surface area contributed by atoms with Crippen LogP contribution >= 0.6 is 0 Å². The number of hydrogen-bond acceptors (Lipinski definition) is 4. The third-order valence-electron chi connectivity index (χ3n) is 6.33. The molecule has 0 unspecified atom stereocenters. The number of nitrogens with zero attached hydrogens (tertiary/aromatic N) is 2. The van der Waals surface area contributed by atoms with E-state index in [4.69, 9.17) is 0 Å². The van der Waals surface area contributed by atoms with Gasteiger partial charge in [-0.05, 0) is 30.9 Å². The summed E-state index contributed by atoms with van der Waals surface area (Å²) in [7, 11) is 0. The molecular weight excluding hydrogens is 396 g/mol. The fourth-order valence-electron chi connectivity index (χ4n) is 4.77. The Bertz CT molecular complexity index is 1080. The Labute approximate surface area is 179 Å². The minimum absolute atomic E-state index is 0.0242. The Morgan fingerprint density at radius 3 is 2.48 bits per heavy atom. The summed E-state index contributed by atoms with van der Waals surface area (Å²) in [5.74, 6) is -0.946. The first kappa shape index (κ1) is 19.5. The van der Waals surface area contributed by atoms with Crippen LogP contribution in [-0.2, 0) is 9.59 Å². The number of fused-ring (bicyclic) bond motifs is 1. The molecule has 3 aliphatic rings. The van der Waals surface area contributed by atoms with Gasteiger partial charge in [0.2, 0.25) is 17.4 Å². The lowest BCUT2D eigenvalue weighted by atomic mass is 9.92. The maximum Gasteiger partial charge on any atom is 0.270 e. The van der Waals surface area contributed by atoms with Crippen molar-refractivity contribution in [3.63, 3.8) is 0 Å². The SMILES string of the molecule is O=C(NC1CC1)[C@H]1C[C@H]2CN(C(=O)c3cccc(=O)[nH]3)CC(=O)N2[C@H]1c1ccccc1. The predicted octanol–water partition coefficient (Wildman–Crippen LogP) is 1.07. The van der Waals surface area contributed by atoms with Gasteiger partial charge in [-0.25, -0.2) is 0 Å². The van der Waals surface area contributed by atoms with Gasteiger partial charge in [-0.2, -0.15) is 0 Å². The molecule has 3 amide bonds. The van der Waals surface area contributed by atoms with Gasteiger partial charge in [-0.1, -0.05) is 36.4 Å². The molecule has 5 rings (SSSR count). The molecule has 1 aromatic carbocycles. The van der Waals surface area contributed by atoms with Crippen LogP contribution in [0.3, 0.4) is 0 Å². The van der Waals surface area contributed by atoms with E-state index in [2.05, 4.69) is 10.3 Å². The van der Waals surface area contributed by atoms with E-state index in [1.54, 1.807) is 4.90 Å². The number of carbonyl (C=O) groups is 3. The first-order chi connectivity index (χ1) is 15.0. The highest BCUT2D eigenvalue weighted by Crippen LogP contribution is 2.43. The molecule has 3 atom stereocenters. The number of rotatable bonds is 4. The second kappa shape index (κ2) is 7.68. The van der Waals surface area contributed by atoms with Crippen molar-refractivity contribution in [3.8, 4) is 0 Å². The van der Waals surface area contributed by atoms with Gasteiger partial charge in [0.1, 0.15) is 12.2 Å². The third kappa shape index (κ3) is 3.73. The Morgan fingerprint density at radius 2 is 1.77 bits per heavy atom. The summed E-state index contributed by atoms with van der Waals surface area (Å²) in [5.41, 5.74) is 0.730. The summed E-state index contributed by atoms with van der Waals surface area (Å²) in [6, 6.07) is 13.7. The molecule has 8 nitrogen and oxygen atoms in total. The number of aromatic amines is 1. The number of H-pyrrole nitrogens is 1. The Balaban J connectivity index is 1.42. The van der Waals surface area contributed by atoms with E-state index >= 15 is 0 Å². The van der Waals surface area contributed by atoms with Crippen LogP contribution in [0.15, 0.2) is 53.3 Å². The van der Waals surface area contributed by atoms with Crippen molar-refractivity contribution in [2.45, 2.75) is 37.4 Å². The highest BCUT2D eigenvalue weighted by molar-refractivity contribution is 5.96. The highest BCUT2D eigenvalue weighted by Gasteiger charge is 2.51. The van der Waals surface area contributed by atoms with Crippen LogP contribution in [0.2, 0.25) is 0 Å². The van der Waals surface area contributed by atoms with E-state index < -0.39 is 0 Å². The quantitative estimate of drug-likeness (QED) is 0.772. The van der Waals surface area contributed by atoms with Crippen molar-refractivity contribution in [2.24, 2.45) is 5.92 Å². The van der Waals surface area contributed by atoms with Gasteiger partial charge >= 0.3 is 0 Å². The molecule has 1 aromatic heterocycles. The van der Waals surface area contributed by atoms with Gasteiger partial charge in [0.05, 0.1) is 18.0 Å². The van der Waals surface area contributed by atoms with E-state index in [0.717, 1.165) is 18.4 Å². The number of amides is 3. The molecule has 3 heterocycles. The maximum absolute atomic E-state index is 13.2. The fraction of sp³-hybridized carbons (Fsp3) is 0.391. The molecule has 2 saturated heterocycles. The molecule has 1 aliphatic carbocycles. The number of aromatic nitrogens is 1. The summed E-state index contributed by atoms with van der Waals surface area (Å²) in [4.78, 5) is 56.5. The smallest absolute Gasteiger partial charge is 0.270 e. The van der Waals surface area contributed by atoms with Crippen LogP contribution in [0.4, 0.5) is 0 Å². The Hall–Kier alpha value is -3.42. The minimum atomic E-state index is -0.382. The van der Waals surface area contributed by atoms with Crippen molar-refractivity contribution in [3.05, 3.63) is 70.1 Å². The summed E-state index contributed by atoms with van der Waals surface area (Å²) < 4.78 is 0. The van der Waals surface area contributed by atoms with E-state index in [9.17, 15) is 19.2 Å². The van der Waals surface area contributed by atoms with Gasteiger partial charge < -0.3 is 20.1 Å². The van der Waals surface area contributed by atoms with Gasteiger partial charge in [-0.3, -0.25) is 19.2 Å². The summed E-state index contributed by atoms with van der Waals surface area (Å²) in [6.07, 6.45) is 2.50. The molecule has 160 valence electrons. The van der Waals surface area contributed by atoms with Crippen molar-refractivity contribution in [1.29, 1.82) is 0 Å². The molecule has 2 N–H and O–H groups in total. The minimum Gasteiger partial charge on any atom is -0.353 e. The monoisotopic (exact) mass is 420 g/mol. The van der Waals surface area contributed by atoms with Crippen LogP contribution < -0.4 is 10.9 Å². The molecule has 2 aliphatic heterocycles. The first-order valence-corrected chi connectivity index (χ1v) is 10.7. The number of carbonyl (C=O) groups excluding carboxylic acids is 3. The van der Waals surface area contributed by atoms with E-state index in [1.165, 1.54) is 23.1 Å². The van der Waals surface area contributed by atoms with E-state index in [0.29, 0.717) is 13.0 Å². The lowest BCUT2D eigenvalue weighted by Gasteiger charge is -2.40. The van der Waals surface area contributed by atoms with Crippen LogP contribution in [0, 0.1) is 5.92 Å². The lowest BCUT2D eigenvalue weighted by Crippen LogP contribution is -2.56. The van der Waals surface area contributed by atoms with Crippen molar-refractivity contribution >= 4 is 17.7 Å². The molecule has 0 bridgehead atoms. The number of nitrogens with one attached hydrogen (secondary N) is 2. The predicted molar refractivity (Wildman–Crippen MR) is 112 cm³/mol. The Kier molecular flexibility index (Phi) is 4.84. The van der Waals surface area contributed by atoms with Crippen LogP contribution in [0.25, 0.3) is 0 Å². The van der Waals surface area contributed by atoms with E-state index in [1.807, 2.05) is 30.3 Å². The van der Waals surface area contributed by atoms with Crippen LogP contribution in [0.5, 0.6) is 0 Å². The second-order valence-electron chi connectivity index (χ2n) is 8.55. The van der Waals surface area contributed by atoms with Gasteiger partial charge in [0, 0.05) is 18.7 Å². The molecule has 2 aromatic rings. The number of piperazine rings is 1. The van der Waals surface area contributed by atoms with Crippen LogP contribution in [-0.4, -0.2) is 57.7 Å².